The molecule has 0 unspecified atom stereocenters. The standard InChI is InChI=1S/C21H23N5O5S/c1-14-12-30-10-9-26(14)19-11-17(13-32(2,28)29)23-20(25-19)15-3-5-16(6-4-15)24-21(27)18-7-8-22-31-18/h3-8,11,14H,9-10,12-13H2,1-2H3,(H,24,27)/t14-/m0/s1. The Bertz CT molecular complexity index is 1200. The van der Waals surface area contributed by atoms with Crippen LogP contribution in [0.2, 0.25) is 0 Å². The molecule has 0 saturated carbocycles. The van der Waals surface area contributed by atoms with Gasteiger partial charge in [0.2, 0.25) is 5.76 Å². The highest BCUT2D eigenvalue weighted by atomic mass is 32.2. The number of carbonyl (C=O) groups excluding carboxylic acids is 1. The maximum Gasteiger partial charge on any atom is 0.294 e. The van der Waals surface area contributed by atoms with Crippen molar-refractivity contribution < 1.29 is 22.5 Å². The number of nitrogens with one attached hydrogen (secondary N) is 1. The molecule has 3 aromatic rings. The predicted molar refractivity (Wildman–Crippen MR) is 118 cm³/mol. The van der Waals surface area contributed by atoms with Crippen LogP contribution in [0.5, 0.6) is 0 Å². The van der Waals surface area contributed by atoms with Gasteiger partial charge in [0.15, 0.2) is 15.7 Å². The molecule has 1 amide bonds. The van der Waals surface area contributed by atoms with E-state index in [-0.39, 0.29) is 17.6 Å². The third-order valence-corrected chi connectivity index (χ3v) is 5.72. The van der Waals surface area contributed by atoms with Gasteiger partial charge in [-0.1, -0.05) is 5.16 Å². The first-order valence-electron chi connectivity index (χ1n) is 10.0. The molecule has 3 heterocycles. The van der Waals surface area contributed by atoms with Crippen LogP contribution in [0.15, 0.2) is 47.1 Å². The third-order valence-electron chi connectivity index (χ3n) is 4.90. The van der Waals surface area contributed by atoms with Crippen molar-refractivity contribution in [3.63, 3.8) is 0 Å². The van der Waals surface area contributed by atoms with Gasteiger partial charge in [-0.2, -0.15) is 0 Å². The summed E-state index contributed by atoms with van der Waals surface area (Å²) in [5.74, 6) is 0.583. The van der Waals surface area contributed by atoms with E-state index in [0.717, 1.165) is 0 Å². The minimum atomic E-state index is -3.27. The number of sulfone groups is 1. The van der Waals surface area contributed by atoms with Crippen molar-refractivity contribution in [2.45, 2.75) is 18.7 Å². The van der Waals surface area contributed by atoms with Crippen molar-refractivity contribution >= 4 is 27.2 Å². The van der Waals surface area contributed by atoms with Crippen molar-refractivity contribution in [1.29, 1.82) is 0 Å². The van der Waals surface area contributed by atoms with E-state index in [1.54, 1.807) is 30.3 Å². The summed E-state index contributed by atoms with van der Waals surface area (Å²) in [6.07, 6.45) is 2.57. The first-order chi connectivity index (χ1) is 15.3. The third kappa shape index (κ3) is 5.29. The van der Waals surface area contributed by atoms with E-state index in [4.69, 9.17) is 14.2 Å². The molecule has 32 heavy (non-hydrogen) atoms. The van der Waals surface area contributed by atoms with E-state index in [9.17, 15) is 13.2 Å². The Hall–Kier alpha value is -3.31. The second kappa shape index (κ2) is 9.05. The van der Waals surface area contributed by atoms with Crippen molar-refractivity contribution in [1.82, 2.24) is 15.1 Å². The van der Waals surface area contributed by atoms with Crippen molar-refractivity contribution in [3.8, 4) is 11.4 Å². The topological polar surface area (TPSA) is 128 Å². The van der Waals surface area contributed by atoms with Crippen molar-refractivity contribution in [3.05, 3.63) is 54.0 Å². The van der Waals surface area contributed by atoms with Gasteiger partial charge in [0.1, 0.15) is 5.82 Å². The van der Waals surface area contributed by atoms with Crippen LogP contribution in [-0.2, 0) is 20.3 Å². The molecule has 1 N–H and O–H groups in total. The highest BCUT2D eigenvalue weighted by Crippen LogP contribution is 2.25. The molecule has 10 nitrogen and oxygen atoms in total. The molecule has 1 aliphatic heterocycles. The van der Waals surface area contributed by atoms with Crippen LogP contribution in [0, 0.1) is 0 Å². The second-order valence-electron chi connectivity index (χ2n) is 7.64. The quantitative estimate of drug-likeness (QED) is 0.592. The summed E-state index contributed by atoms with van der Waals surface area (Å²) in [5.41, 5.74) is 1.68. The van der Waals surface area contributed by atoms with Crippen LogP contribution in [0.3, 0.4) is 0 Å². The zero-order valence-corrected chi connectivity index (χ0v) is 18.5. The zero-order valence-electron chi connectivity index (χ0n) is 17.7. The molecule has 1 aliphatic rings. The number of ether oxygens (including phenoxy) is 1. The number of benzene rings is 1. The van der Waals surface area contributed by atoms with Crippen LogP contribution in [0.1, 0.15) is 23.2 Å². The maximum absolute atomic E-state index is 12.1. The first kappa shape index (κ1) is 21.9. The van der Waals surface area contributed by atoms with Crippen LogP contribution >= 0.6 is 0 Å². The van der Waals surface area contributed by atoms with Gasteiger partial charge in [0.05, 0.1) is 36.9 Å². The molecular weight excluding hydrogens is 434 g/mol. The largest absolute Gasteiger partial charge is 0.377 e. The van der Waals surface area contributed by atoms with Crippen LogP contribution in [0.25, 0.3) is 11.4 Å². The van der Waals surface area contributed by atoms with Gasteiger partial charge in [0.25, 0.3) is 5.91 Å². The summed E-state index contributed by atoms with van der Waals surface area (Å²) in [6.45, 7) is 3.83. The summed E-state index contributed by atoms with van der Waals surface area (Å²) in [7, 11) is -3.27. The maximum atomic E-state index is 12.1. The first-order valence-corrected chi connectivity index (χ1v) is 12.1. The highest BCUT2D eigenvalue weighted by molar-refractivity contribution is 7.89. The summed E-state index contributed by atoms with van der Waals surface area (Å²) in [5, 5.41) is 6.24. The highest BCUT2D eigenvalue weighted by Gasteiger charge is 2.22. The molecule has 168 valence electrons. The number of rotatable bonds is 6. The molecule has 0 spiro atoms. The summed E-state index contributed by atoms with van der Waals surface area (Å²) in [6, 6.07) is 10.3. The lowest BCUT2D eigenvalue weighted by Gasteiger charge is -2.34. The molecule has 11 heteroatoms. The van der Waals surface area contributed by atoms with Crippen LogP contribution in [0.4, 0.5) is 11.5 Å². The molecule has 2 aromatic heterocycles. The lowest BCUT2D eigenvalue weighted by molar-refractivity contribution is 0.0984. The van der Waals surface area contributed by atoms with Crippen molar-refractivity contribution in [2.75, 3.05) is 36.2 Å². The van der Waals surface area contributed by atoms with Gasteiger partial charge in [-0.25, -0.2) is 18.4 Å². The normalized spacial score (nSPS) is 16.7. The monoisotopic (exact) mass is 457 g/mol. The molecule has 0 radical (unpaired) electrons. The van der Waals surface area contributed by atoms with Gasteiger partial charge in [-0.15, -0.1) is 0 Å². The van der Waals surface area contributed by atoms with E-state index < -0.39 is 15.7 Å². The Morgan fingerprint density at radius 2 is 2.00 bits per heavy atom. The minimum absolute atomic E-state index is 0.103. The van der Waals surface area contributed by atoms with Crippen LogP contribution in [-0.4, -0.2) is 61.5 Å². The number of carbonyl (C=O) groups is 1. The number of hydrogen-bond acceptors (Lipinski definition) is 9. The molecule has 4 rings (SSSR count). The summed E-state index contributed by atoms with van der Waals surface area (Å²) >= 11 is 0. The average Bonchev–Trinajstić information content (AvgIpc) is 3.28. The van der Waals surface area contributed by atoms with Gasteiger partial charge in [0, 0.05) is 36.2 Å². The smallest absolute Gasteiger partial charge is 0.294 e. The molecular formula is C21H23N5O5S. The average molecular weight is 458 g/mol. The van der Waals surface area contributed by atoms with E-state index >= 15 is 0 Å². The number of amides is 1. The van der Waals surface area contributed by atoms with E-state index in [0.29, 0.717) is 48.3 Å². The number of morpholine rings is 1. The number of anilines is 2. The molecule has 0 aliphatic carbocycles. The van der Waals surface area contributed by atoms with Gasteiger partial charge in [-0.05, 0) is 31.2 Å². The molecule has 1 aromatic carbocycles. The molecule has 1 saturated heterocycles. The van der Waals surface area contributed by atoms with Gasteiger partial charge in [-0.3, -0.25) is 4.79 Å². The Kier molecular flexibility index (Phi) is 6.19. The van der Waals surface area contributed by atoms with Crippen molar-refractivity contribution in [2.24, 2.45) is 0 Å². The van der Waals surface area contributed by atoms with E-state index in [1.807, 2.05) is 6.92 Å². The van der Waals surface area contributed by atoms with Crippen LogP contribution < -0.4 is 10.2 Å². The zero-order chi connectivity index (χ0) is 22.7. The fourth-order valence-electron chi connectivity index (χ4n) is 3.40. The molecule has 1 atom stereocenters. The summed E-state index contributed by atoms with van der Waals surface area (Å²) in [4.78, 5) is 23.4. The summed E-state index contributed by atoms with van der Waals surface area (Å²) < 4.78 is 34.2. The Morgan fingerprint density at radius 1 is 1.22 bits per heavy atom. The SMILES string of the molecule is C[C@H]1COCCN1c1cc(CS(C)(=O)=O)nc(-c2ccc(NC(=O)c3ccno3)cc2)n1. The molecule has 1 fully saturated rings. The van der Waals surface area contributed by atoms with E-state index in [2.05, 4.69) is 20.4 Å². The Balaban J connectivity index is 1.63. The van der Waals surface area contributed by atoms with Gasteiger partial charge < -0.3 is 19.5 Å². The fraction of sp³-hybridized carbons (Fsp3) is 0.333. The fourth-order valence-corrected chi connectivity index (χ4v) is 4.08. The Morgan fingerprint density at radius 3 is 2.66 bits per heavy atom. The number of aromatic nitrogens is 3. The predicted octanol–water partition coefficient (Wildman–Crippen LogP) is 2.15. The molecule has 0 bridgehead atoms. The number of nitrogens with zero attached hydrogens (tertiary/aromatic N) is 4. The Labute approximate surface area is 185 Å². The lowest BCUT2D eigenvalue weighted by Crippen LogP contribution is -2.44. The number of hydrogen-bond donors (Lipinski definition) is 1. The van der Waals surface area contributed by atoms with Gasteiger partial charge >= 0.3 is 0 Å². The lowest BCUT2D eigenvalue weighted by atomic mass is 10.1. The minimum Gasteiger partial charge on any atom is -0.377 e. The second-order valence-corrected chi connectivity index (χ2v) is 9.78. The van der Waals surface area contributed by atoms with E-state index in [1.165, 1.54) is 18.5 Å².